The molecule has 0 atom stereocenters. The molecule has 0 spiro atoms. The highest BCUT2D eigenvalue weighted by atomic mass is 16.6. The Morgan fingerprint density at radius 1 is 1.45 bits per heavy atom. The van der Waals surface area contributed by atoms with Gasteiger partial charge in [-0.3, -0.25) is 4.79 Å². The second-order valence-electron chi connectivity index (χ2n) is 4.62. The smallest absolute Gasteiger partial charge is 0.277 e. The zero-order chi connectivity index (χ0) is 15.8. The van der Waals surface area contributed by atoms with E-state index in [1.165, 1.54) is 5.56 Å². The van der Waals surface area contributed by atoms with E-state index in [0.29, 0.717) is 13.2 Å². The van der Waals surface area contributed by atoms with Crippen molar-refractivity contribution in [2.45, 2.75) is 13.5 Å². The minimum atomic E-state index is -0.384. The fraction of sp³-hybridized carbons (Fsp3) is 0.357. The molecule has 2 rings (SSSR count). The maximum atomic E-state index is 11.7. The molecule has 0 bridgehead atoms. The molecule has 0 saturated carbocycles. The molecule has 1 aromatic heterocycles. The Morgan fingerprint density at radius 3 is 3.05 bits per heavy atom. The lowest BCUT2D eigenvalue weighted by molar-refractivity contribution is -0.668. The van der Waals surface area contributed by atoms with Crippen LogP contribution in [0.4, 0.5) is 5.82 Å². The zero-order valence-corrected chi connectivity index (χ0v) is 12.4. The van der Waals surface area contributed by atoms with Crippen molar-refractivity contribution in [2.75, 3.05) is 25.4 Å². The molecular formula is C14H20N5O3+. The van der Waals surface area contributed by atoms with E-state index in [-0.39, 0.29) is 17.4 Å². The Morgan fingerprint density at radius 2 is 2.32 bits per heavy atom. The predicted octanol–water partition coefficient (Wildman–Crippen LogP) is -0.456. The Kier molecular flexibility index (Phi) is 5.73. The van der Waals surface area contributed by atoms with Crippen molar-refractivity contribution in [2.24, 2.45) is 0 Å². The van der Waals surface area contributed by atoms with Crippen LogP contribution >= 0.6 is 0 Å². The largest absolute Gasteiger partial charge is 0.494 e. The number of amides is 1. The molecule has 1 amide bonds. The molecule has 0 aliphatic carbocycles. The fourth-order valence-corrected chi connectivity index (χ4v) is 1.92. The number of carbonyl (C=O) groups is 1. The zero-order valence-electron chi connectivity index (χ0n) is 12.4. The average molecular weight is 306 g/mol. The van der Waals surface area contributed by atoms with Gasteiger partial charge in [0.25, 0.3) is 5.91 Å². The van der Waals surface area contributed by atoms with Crippen LogP contribution in [0.3, 0.4) is 0 Å². The number of hydrogen-bond donors (Lipinski definition) is 3. The first-order chi connectivity index (χ1) is 10.7. The van der Waals surface area contributed by atoms with Gasteiger partial charge in [-0.2, -0.15) is 0 Å². The fourth-order valence-electron chi connectivity index (χ4n) is 1.92. The number of ether oxygens (including phenoxy) is 1. The summed E-state index contributed by atoms with van der Waals surface area (Å²) in [6.45, 7) is 4.65. The van der Waals surface area contributed by atoms with Gasteiger partial charge in [-0.15, -0.1) is 0 Å². The first-order valence-electron chi connectivity index (χ1n) is 7.10. The lowest BCUT2D eigenvalue weighted by Crippen LogP contribution is -2.84. The molecule has 0 aliphatic heterocycles. The molecule has 8 nitrogen and oxygen atoms in total. The molecule has 0 aliphatic rings. The van der Waals surface area contributed by atoms with E-state index in [4.69, 9.17) is 10.5 Å². The Labute approximate surface area is 128 Å². The van der Waals surface area contributed by atoms with E-state index in [1.807, 2.05) is 31.2 Å². The van der Waals surface area contributed by atoms with Crippen LogP contribution < -0.4 is 21.1 Å². The van der Waals surface area contributed by atoms with E-state index in [2.05, 4.69) is 25.6 Å². The minimum Gasteiger partial charge on any atom is -0.494 e. The maximum absolute atomic E-state index is 11.7. The molecule has 2 aromatic rings. The van der Waals surface area contributed by atoms with Crippen LogP contribution in [0.15, 0.2) is 28.9 Å². The molecule has 8 heteroatoms. The van der Waals surface area contributed by atoms with Gasteiger partial charge in [0.1, 0.15) is 12.3 Å². The van der Waals surface area contributed by atoms with Crippen LogP contribution in [0.1, 0.15) is 23.0 Å². The van der Waals surface area contributed by atoms with Crippen molar-refractivity contribution in [3.8, 4) is 5.75 Å². The van der Waals surface area contributed by atoms with Gasteiger partial charge in [-0.25, -0.2) is 4.63 Å². The third kappa shape index (κ3) is 4.45. The van der Waals surface area contributed by atoms with E-state index >= 15 is 0 Å². The van der Waals surface area contributed by atoms with Gasteiger partial charge in [-0.1, -0.05) is 12.1 Å². The molecule has 0 fully saturated rings. The van der Waals surface area contributed by atoms with Gasteiger partial charge in [0.05, 0.1) is 19.7 Å². The lowest BCUT2D eigenvalue weighted by Gasteiger charge is -2.06. The molecule has 0 radical (unpaired) electrons. The van der Waals surface area contributed by atoms with Gasteiger partial charge < -0.3 is 21.1 Å². The Bertz CT molecular complexity index is 614. The van der Waals surface area contributed by atoms with Crippen molar-refractivity contribution in [1.29, 1.82) is 0 Å². The van der Waals surface area contributed by atoms with Gasteiger partial charge in [0.15, 0.2) is 0 Å². The number of nitrogens with two attached hydrogens (primary N) is 2. The minimum absolute atomic E-state index is 0.00535. The van der Waals surface area contributed by atoms with Crippen LogP contribution in [0.25, 0.3) is 0 Å². The van der Waals surface area contributed by atoms with Crippen LogP contribution in [-0.4, -0.2) is 35.9 Å². The van der Waals surface area contributed by atoms with Crippen molar-refractivity contribution in [3.05, 3.63) is 35.5 Å². The van der Waals surface area contributed by atoms with Crippen molar-refractivity contribution < 1.29 is 19.5 Å². The second-order valence-corrected chi connectivity index (χ2v) is 4.62. The van der Waals surface area contributed by atoms with Gasteiger partial charge in [0, 0.05) is 5.56 Å². The summed E-state index contributed by atoms with van der Waals surface area (Å²) in [6.07, 6.45) is 0. The molecular weight excluding hydrogens is 286 g/mol. The van der Waals surface area contributed by atoms with Gasteiger partial charge >= 0.3 is 0 Å². The van der Waals surface area contributed by atoms with Crippen LogP contribution in [0, 0.1) is 0 Å². The summed E-state index contributed by atoms with van der Waals surface area (Å²) in [5.41, 5.74) is 6.63. The normalized spacial score (nSPS) is 10.4. The van der Waals surface area contributed by atoms with E-state index in [0.717, 1.165) is 18.8 Å². The van der Waals surface area contributed by atoms with E-state index in [9.17, 15) is 4.79 Å². The van der Waals surface area contributed by atoms with Crippen molar-refractivity contribution >= 4 is 11.7 Å². The standard InChI is InChI=1S/C14H19N5O3/c1-2-21-11-5-3-4-10(8-11)9-16-6-7-17-14(20)12-13(15)19-22-18-12/h3-5,8,16H,2,6-7,9H2,1H3,(H2,15,19)(H,17,20)/p+1. The maximum Gasteiger partial charge on any atom is 0.277 e. The average Bonchev–Trinajstić information content (AvgIpc) is 2.94. The number of anilines is 1. The van der Waals surface area contributed by atoms with Gasteiger partial charge in [-0.05, 0) is 29.4 Å². The summed E-state index contributed by atoms with van der Waals surface area (Å²) in [5, 5.41) is 11.6. The van der Waals surface area contributed by atoms with Crippen molar-refractivity contribution in [3.63, 3.8) is 0 Å². The topological polar surface area (TPSA) is 120 Å². The highest BCUT2D eigenvalue weighted by Gasteiger charge is 2.15. The van der Waals surface area contributed by atoms with Crippen LogP contribution in [-0.2, 0) is 6.54 Å². The Hall–Kier alpha value is -2.61. The SMILES string of the molecule is CCOc1cccc(C[NH2+]CCNC(=O)c2nonc2N)c1. The van der Waals surface area contributed by atoms with Gasteiger partial charge in [0.2, 0.25) is 11.5 Å². The summed E-state index contributed by atoms with van der Waals surface area (Å²) in [5.74, 6) is 0.482. The number of benzene rings is 1. The number of aromatic nitrogens is 2. The number of nitrogens with one attached hydrogen (secondary N) is 1. The molecule has 118 valence electrons. The molecule has 1 aromatic carbocycles. The lowest BCUT2D eigenvalue weighted by atomic mass is 10.2. The third-order valence-corrected chi connectivity index (χ3v) is 2.95. The van der Waals surface area contributed by atoms with E-state index in [1.54, 1.807) is 0 Å². The molecule has 0 saturated heterocycles. The quantitative estimate of drug-likeness (QED) is 0.568. The number of quaternary nitrogens is 1. The number of nitrogens with zero attached hydrogens (tertiary/aromatic N) is 2. The number of nitrogen functional groups attached to an aromatic ring is 1. The summed E-state index contributed by atoms with van der Waals surface area (Å²) in [7, 11) is 0. The number of rotatable bonds is 8. The summed E-state index contributed by atoms with van der Waals surface area (Å²) in [6, 6.07) is 7.96. The summed E-state index contributed by atoms with van der Waals surface area (Å²) in [4.78, 5) is 11.7. The Balaban J connectivity index is 1.68. The predicted molar refractivity (Wildman–Crippen MR) is 79.2 cm³/mol. The van der Waals surface area contributed by atoms with Crippen molar-refractivity contribution in [1.82, 2.24) is 15.6 Å². The highest BCUT2D eigenvalue weighted by molar-refractivity contribution is 5.95. The molecule has 1 heterocycles. The summed E-state index contributed by atoms with van der Waals surface area (Å²) < 4.78 is 9.83. The third-order valence-electron chi connectivity index (χ3n) is 2.95. The summed E-state index contributed by atoms with van der Waals surface area (Å²) >= 11 is 0. The second kappa shape index (κ2) is 7.99. The first kappa shape index (κ1) is 15.8. The molecule has 22 heavy (non-hydrogen) atoms. The monoisotopic (exact) mass is 306 g/mol. The number of hydrogen-bond acceptors (Lipinski definition) is 6. The molecule has 0 unspecified atom stereocenters. The van der Waals surface area contributed by atoms with Crippen LogP contribution in [0.2, 0.25) is 0 Å². The number of carbonyl (C=O) groups excluding carboxylic acids is 1. The highest BCUT2D eigenvalue weighted by Crippen LogP contribution is 2.12. The van der Waals surface area contributed by atoms with E-state index < -0.39 is 0 Å². The first-order valence-corrected chi connectivity index (χ1v) is 7.10. The molecule has 5 N–H and O–H groups in total. The van der Waals surface area contributed by atoms with Crippen LogP contribution in [0.5, 0.6) is 5.75 Å².